The van der Waals surface area contributed by atoms with Crippen molar-refractivity contribution in [1.82, 2.24) is 15.5 Å². The minimum atomic E-state index is -4.54. The number of ether oxygens (including phenoxy) is 2. The molecular weight excluding hydrogens is 551 g/mol. The van der Waals surface area contributed by atoms with Crippen molar-refractivity contribution in [1.29, 1.82) is 0 Å². The lowest BCUT2D eigenvalue weighted by Gasteiger charge is -2.41. The fraction of sp³-hybridized carbons (Fsp3) is 0.280. The van der Waals surface area contributed by atoms with Crippen LogP contribution in [0.5, 0.6) is 5.75 Å². The van der Waals surface area contributed by atoms with Crippen LogP contribution in [-0.2, 0) is 16.3 Å². The number of carbonyl (C=O) groups excluding carboxylic acids is 1. The summed E-state index contributed by atoms with van der Waals surface area (Å²) in [6.45, 7) is -2.37. The quantitative estimate of drug-likeness (QED) is 0.262. The van der Waals surface area contributed by atoms with Crippen molar-refractivity contribution in [2.24, 2.45) is 10.3 Å². The van der Waals surface area contributed by atoms with Gasteiger partial charge < -0.3 is 9.47 Å². The molecule has 0 radical (unpaired) electrons. The molecule has 0 bridgehead atoms. The number of hydrogen-bond donors (Lipinski definition) is 1. The van der Waals surface area contributed by atoms with Crippen molar-refractivity contribution >= 4 is 5.78 Å². The fourth-order valence-corrected chi connectivity index (χ4v) is 4.02. The monoisotopic (exact) mass is 571 g/mol. The third-order valence-electron chi connectivity index (χ3n) is 5.99. The summed E-state index contributed by atoms with van der Waals surface area (Å²) < 4.78 is 108. The van der Waals surface area contributed by atoms with Gasteiger partial charge in [-0.15, -0.1) is 0 Å². The largest absolute Gasteiger partial charge is 0.484 e. The van der Waals surface area contributed by atoms with Gasteiger partial charge in [-0.3, -0.25) is 9.78 Å². The van der Waals surface area contributed by atoms with Crippen molar-refractivity contribution in [3.8, 4) is 5.75 Å². The molecule has 2 aromatic carbocycles. The van der Waals surface area contributed by atoms with Crippen molar-refractivity contribution in [2.45, 2.75) is 17.7 Å². The van der Waals surface area contributed by atoms with E-state index in [0.29, 0.717) is 6.07 Å². The molecule has 2 heterocycles. The van der Waals surface area contributed by atoms with Gasteiger partial charge in [0.1, 0.15) is 29.7 Å². The van der Waals surface area contributed by atoms with E-state index in [1.165, 1.54) is 12.1 Å². The molecule has 40 heavy (non-hydrogen) atoms. The molecule has 8 nitrogen and oxygen atoms in total. The Hall–Kier alpha value is -4.11. The lowest BCUT2D eigenvalue weighted by Crippen LogP contribution is -2.55. The number of benzene rings is 2. The number of carbonyl (C=O) groups is 1. The normalized spacial score (nSPS) is 15.5. The second-order valence-corrected chi connectivity index (χ2v) is 8.60. The van der Waals surface area contributed by atoms with E-state index in [1.807, 2.05) is 0 Å². The molecule has 1 aliphatic rings. The molecule has 1 aliphatic heterocycles. The van der Waals surface area contributed by atoms with Gasteiger partial charge in [-0.25, -0.2) is 14.3 Å². The Morgan fingerprint density at radius 3 is 2.25 bits per heavy atom. The van der Waals surface area contributed by atoms with Gasteiger partial charge in [0.15, 0.2) is 18.0 Å². The molecule has 0 aliphatic carbocycles. The Labute approximate surface area is 222 Å². The van der Waals surface area contributed by atoms with Crippen molar-refractivity contribution in [3.63, 3.8) is 0 Å². The van der Waals surface area contributed by atoms with Crippen LogP contribution in [0.15, 0.2) is 71.1 Å². The standard InChI is InChI=1S/C25H20F7N5O3/c1-39-23(12-37-14-34-35-36-37,19-8-5-17(26)10-20(19)27)25(31,32)21-9-4-16(11-33-21)22(38)15-2-6-18(7-3-15)40-13-24(28,29)30/h2-11H,12-14H2,1H3,(H,34,36). The van der Waals surface area contributed by atoms with E-state index in [2.05, 4.69) is 25.6 Å². The molecule has 0 saturated heterocycles. The molecule has 0 amide bonds. The predicted molar refractivity (Wildman–Crippen MR) is 124 cm³/mol. The Morgan fingerprint density at radius 1 is 1.00 bits per heavy atom. The maximum Gasteiger partial charge on any atom is 0.422 e. The predicted octanol–water partition coefficient (Wildman–Crippen LogP) is 5.31. The van der Waals surface area contributed by atoms with Crippen LogP contribution in [0.2, 0.25) is 0 Å². The van der Waals surface area contributed by atoms with Gasteiger partial charge in [-0.2, -0.15) is 32.1 Å². The smallest absolute Gasteiger partial charge is 0.422 e. The first-order valence-corrected chi connectivity index (χ1v) is 11.4. The van der Waals surface area contributed by atoms with Crippen molar-refractivity contribution < 1.29 is 45.0 Å². The summed E-state index contributed by atoms with van der Waals surface area (Å²) in [5, 5.41) is 8.24. The van der Waals surface area contributed by atoms with Crippen LogP contribution in [0.4, 0.5) is 30.7 Å². The number of aromatic nitrogens is 1. The molecular formula is C25H20F7N5O3. The van der Waals surface area contributed by atoms with Crippen LogP contribution in [0, 0.1) is 11.6 Å². The van der Waals surface area contributed by atoms with Crippen LogP contribution >= 0.6 is 0 Å². The number of nitrogens with zero attached hydrogens (tertiary/aromatic N) is 4. The molecule has 0 fully saturated rings. The van der Waals surface area contributed by atoms with E-state index in [-0.39, 0.29) is 23.5 Å². The number of nitrogens with one attached hydrogen (secondary N) is 1. The summed E-state index contributed by atoms with van der Waals surface area (Å²) in [6.07, 6.45) is -3.66. The van der Waals surface area contributed by atoms with Gasteiger partial charge in [0.05, 0.1) is 6.54 Å². The average Bonchev–Trinajstić information content (AvgIpc) is 3.43. The van der Waals surface area contributed by atoms with E-state index in [0.717, 1.165) is 54.7 Å². The van der Waals surface area contributed by atoms with Crippen molar-refractivity contribution in [2.75, 3.05) is 26.9 Å². The molecule has 1 atom stereocenters. The van der Waals surface area contributed by atoms with E-state index >= 15 is 8.78 Å². The fourth-order valence-electron chi connectivity index (χ4n) is 4.02. The van der Waals surface area contributed by atoms with Crippen LogP contribution in [0.3, 0.4) is 0 Å². The molecule has 3 aromatic rings. The van der Waals surface area contributed by atoms with E-state index < -0.39 is 59.5 Å². The zero-order valence-corrected chi connectivity index (χ0v) is 20.6. The highest BCUT2D eigenvalue weighted by Crippen LogP contribution is 2.48. The molecule has 1 aromatic heterocycles. The average molecular weight is 571 g/mol. The summed E-state index contributed by atoms with van der Waals surface area (Å²) in [5.74, 6) is -7.11. The number of hydrazine groups is 1. The highest BCUT2D eigenvalue weighted by molar-refractivity contribution is 6.08. The summed E-state index contributed by atoms with van der Waals surface area (Å²) >= 11 is 0. The number of rotatable bonds is 10. The Balaban J connectivity index is 1.63. The maximum absolute atomic E-state index is 16.2. The number of halogens is 7. The minimum Gasteiger partial charge on any atom is -0.484 e. The lowest BCUT2D eigenvalue weighted by atomic mass is 9.84. The van der Waals surface area contributed by atoms with Gasteiger partial charge in [0.2, 0.25) is 0 Å². The highest BCUT2D eigenvalue weighted by Gasteiger charge is 2.60. The third kappa shape index (κ3) is 5.89. The summed E-state index contributed by atoms with van der Waals surface area (Å²) in [4.78, 5) is 16.6. The molecule has 0 spiro atoms. The van der Waals surface area contributed by atoms with Gasteiger partial charge in [0.25, 0.3) is 0 Å². The van der Waals surface area contributed by atoms with Crippen LogP contribution in [0.25, 0.3) is 0 Å². The van der Waals surface area contributed by atoms with Crippen LogP contribution < -0.4 is 10.3 Å². The third-order valence-corrected chi connectivity index (χ3v) is 5.99. The number of pyridine rings is 1. The summed E-state index contributed by atoms with van der Waals surface area (Å²) in [5.41, 5.74) is -2.00. The Kier molecular flexibility index (Phi) is 8.07. The first-order valence-electron chi connectivity index (χ1n) is 11.4. The first kappa shape index (κ1) is 28.9. The minimum absolute atomic E-state index is 0.0351. The summed E-state index contributed by atoms with van der Waals surface area (Å²) in [7, 11) is 0.932. The van der Waals surface area contributed by atoms with E-state index in [9.17, 15) is 26.7 Å². The number of hydrogen-bond acceptors (Lipinski definition) is 8. The van der Waals surface area contributed by atoms with Crippen molar-refractivity contribution in [3.05, 3.63) is 94.8 Å². The summed E-state index contributed by atoms with van der Waals surface area (Å²) in [6, 6.07) is 8.75. The van der Waals surface area contributed by atoms with Gasteiger partial charge in [0, 0.05) is 36.1 Å². The topological polar surface area (TPSA) is 88.4 Å². The molecule has 15 heteroatoms. The number of alkyl halides is 5. The van der Waals surface area contributed by atoms with E-state index in [1.54, 1.807) is 0 Å². The van der Waals surface area contributed by atoms with Gasteiger partial charge in [-0.05, 0) is 48.5 Å². The van der Waals surface area contributed by atoms with Gasteiger partial charge >= 0.3 is 12.1 Å². The Bertz CT molecular complexity index is 1380. The molecule has 0 saturated carbocycles. The maximum atomic E-state index is 16.2. The number of methoxy groups -OCH3 is 1. The first-order chi connectivity index (χ1) is 18.9. The second kappa shape index (κ2) is 11.2. The molecule has 212 valence electrons. The SMILES string of the molecule is COC(CN1CN=NN1)(c1ccc(F)cc1F)C(F)(F)c1ccc(C(=O)c2ccc(OCC(F)(F)F)cc2)cn1. The molecule has 1 N–H and O–H groups in total. The Morgan fingerprint density at radius 2 is 1.70 bits per heavy atom. The zero-order valence-electron chi connectivity index (χ0n) is 20.6. The van der Waals surface area contributed by atoms with E-state index in [4.69, 9.17) is 4.74 Å². The highest BCUT2D eigenvalue weighted by atomic mass is 19.4. The van der Waals surface area contributed by atoms with Crippen LogP contribution in [-0.4, -0.2) is 48.9 Å². The zero-order chi connectivity index (χ0) is 29.1. The second-order valence-electron chi connectivity index (χ2n) is 8.60. The molecule has 4 rings (SSSR count). The van der Waals surface area contributed by atoms with Gasteiger partial charge in [-0.1, -0.05) is 5.22 Å². The lowest BCUT2D eigenvalue weighted by molar-refractivity contribution is -0.225. The van der Waals surface area contributed by atoms with Crippen LogP contribution in [0.1, 0.15) is 27.2 Å². The number of ketones is 1. The molecule has 1 unspecified atom stereocenters.